The monoisotopic (exact) mass is 302 g/mol. The fourth-order valence-electron chi connectivity index (χ4n) is 1.23. The van der Waals surface area contributed by atoms with E-state index >= 15 is 0 Å². The van der Waals surface area contributed by atoms with Gasteiger partial charge in [0.25, 0.3) is 11.8 Å². The molecule has 0 unspecified atom stereocenters. The van der Waals surface area contributed by atoms with Gasteiger partial charge in [0.2, 0.25) is 0 Å². The molecule has 0 spiro atoms. The normalized spacial score (nSPS) is 12.9. The number of aldehydes is 1. The molecule has 1 aliphatic heterocycles. The summed E-state index contributed by atoms with van der Waals surface area (Å²) in [5, 5.41) is 3.48. The first-order valence-electron chi connectivity index (χ1n) is 7.21. The van der Waals surface area contributed by atoms with Gasteiger partial charge in [-0.1, -0.05) is 20.8 Å². The third-order valence-corrected chi connectivity index (χ3v) is 2.17. The van der Waals surface area contributed by atoms with Crippen LogP contribution in [0.1, 0.15) is 52.9 Å². The smallest absolute Gasteiger partial charge is 0.330 e. The fraction of sp³-hybridized carbons (Fsp3) is 0.714. The van der Waals surface area contributed by atoms with Crippen molar-refractivity contribution >= 4 is 24.1 Å². The van der Waals surface area contributed by atoms with Crippen LogP contribution in [-0.2, 0) is 24.0 Å². The van der Waals surface area contributed by atoms with Crippen molar-refractivity contribution in [3.8, 4) is 0 Å². The van der Waals surface area contributed by atoms with Crippen LogP contribution in [0.2, 0.25) is 0 Å². The molecule has 0 atom stereocenters. The first-order valence-corrected chi connectivity index (χ1v) is 7.21. The third kappa shape index (κ3) is 10.7. The largest absolute Gasteiger partial charge is 0.333 e. The van der Waals surface area contributed by atoms with Crippen molar-refractivity contribution in [2.45, 2.75) is 52.9 Å². The summed E-state index contributed by atoms with van der Waals surface area (Å²) in [7, 11) is 1.96. The third-order valence-electron chi connectivity index (χ3n) is 2.17. The maximum atomic E-state index is 11.0. The summed E-state index contributed by atoms with van der Waals surface area (Å²) in [6.07, 6.45) is 1.83. The van der Waals surface area contributed by atoms with Gasteiger partial charge in [-0.2, -0.15) is 0 Å². The average molecular weight is 302 g/mol. The highest BCUT2D eigenvalue weighted by atomic mass is 16.7. The molecule has 1 fully saturated rings. The number of nitrogens with one attached hydrogen (secondary N) is 1. The Labute approximate surface area is 126 Å². The summed E-state index contributed by atoms with van der Waals surface area (Å²) >= 11 is 0. The first kappa shape index (κ1) is 21.5. The van der Waals surface area contributed by atoms with E-state index in [9.17, 15) is 19.2 Å². The molecule has 1 N–H and O–H groups in total. The first-order chi connectivity index (χ1) is 10.1. The molecule has 2 amide bonds. The summed E-state index contributed by atoms with van der Waals surface area (Å²) in [5.41, 5.74) is 0. The van der Waals surface area contributed by atoms with Gasteiger partial charge in [0.05, 0.1) is 6.42 Å². The Kier molecular flexibility index (Phi) is 15.0. The molecule has 0 aliphatic carbocycles. The minimum absolute atomic E-state index is 0.0229. The number of hydrogen-bond acceptors (Lipinski definition) is 6. The van der Waals surface area contributed by atoms with Gasteiger partial charge in [-0.3, -0.25) is 9.59 Å². The van der Waals surface area contributed by atoms with E-state index < -0.39 is 17.8 Å². The number of carbonyl (C=O) groups excluding carboxylic acids is 4. The van der Waals surface area contributed by atoms with Crippen LogP contribution in [0.25, 0.3) is 0 Å². The lowest BCUT2D eigenvalue weighted by atomic mass is 10.3. The Morgan fingerprint density at radius 3 is 2.14 bits per heavy atom. The molecular formula is C14H26N2O5. The Morgan fingerprint density at radius 2 is 1.81 bits per heavy atom. The van der Waals surface area contributed by atoms with Crippen molar-refractivity contribution in [3.63, 3.8) is 0 Å². The molecule has 1 heterocycles. The highest BCUT2D eigenvalue weighted by Gasteiger charge is 2.32. The minimum Gasteiger partial charge on any atom is -0.330 e. The summed E-state index contributed by atoms with van der Waals surface area (Å²) in [6.45, 7) is 7.29. The lowest BCUT2D eigenvalue weighted by Gasteiger charge is -2.11. The van der Waals surface area contributed by atoms with Crippen LogP contribution >= 0.6 is 0 Å². The van der Waals surface area contributed by atoms with E-state index in [-0.39, 0.29) is 25.7 Å². The van der Waals surface area contributed by atoms with Crippen molar-refractivity contribution in [1.29, 1.82) is 0 Å². The second kappa shape index (κ2) is 14.6. The number of nitrogens with zero attached hydrogens (tertiary/aromatic N) is 1. The predicted molar refractivity (Wildman–Crippen MR) is 78.0 cm³/mol. The van der Waals surface area contributed by atoms with Crippen molar-refractivity contribution in [2.24, 2.45) is 0 Å². The van der Waals surface area contributed by atoms with Gasteiger partial charge in [-0.05, 0) is 20.0 Å². The number of carbonyl (C=O) groups is 4. The average Bonchev–Trinajstić information content (AvgIpc) is 2.80. The zero-order chi connectivity index (χ0) is 16.7. The molecule has 0 bridgehead atoms. The number of amides is 2. The minimum atomic E-state index is -0.749. The number of rotatable bonds is 6. The molecule has 21 heavy (non-hydrogen) atoms. The molecule has 0 aromatic rings. The molecule has 0 aromatic heterocycles. The van der Waals surface area contributed by atoms with Gasteiger partial charge in [0, 0.05) is 19.3 Å². The van der Waals surface area contributed by atoms with Crippen molar-refractivity contribution < 1.29 is 24.0 Å². The van der Waals surface area contributed by atoms with Gasteiger partial charge in [-0.15, -0.1) is 5.06 Å². The van der Waals surface area contributed by atoms with Crippen molar-refractivity contribution in [2.75, 3.05) is 13.6 Å². The Bertz CT molecular complexity index is 313. The van der Waals surface area contributed by atoms with E-state index in [0.717, 1.165) is 6.54 Å². The molecule has 122 valence electrons. The molecule has 7 nitrogen and oxygen atoms in total. The molecule has 7 heteroatoms. The van der Waals surface area contributed by atoms with E-state index in [1.807, 2.05) is 20.9 Å². The van der Waals surface area contributed by atoms with Crippen LogP contribution < -0.4 is 5.32 Å². The Balaban J connectivity index is 0. The highest BCUT2D eigenvalue weighted by molar-refractivity contribution is 6.01. The van der Waals surface area contributed by atoms with Crippen LogP contribution in [0.3, 0.4) is 0 Å². The molecule has 0 radical (unpaired) electrons. The molecule has 0 aromatic carbocycles. The summed E-state index contributed by atoms with van der Waals surface area (Å²) in [5.74, 6) is -1.79. The predicted octanol–water partition coefficient (Wildman–Crippen LogP) is 1.21. The number of hydrogen-bond donors (Lipinski definition) is 1. The Hall–Kier alpha value is -1.76. The highest BCUT2D eigenvalue weighted by Crippen LogP contribution is 2.12. The zero-order valence-electron chi connectivity index (χ0n) is 13.3. The molecule has 1 aliphatic rings. The van der Waals surface area contributed by atoms with E-state index in [4.69, 9.17) is 0 Å². The van der Waals surface area contributed by atoms with Crippen LogP contribution in [0.4, 0.5) is 0 Å². The molecule has 1 saturated heterocycles. The van der Waals surface area contributed by atoms with Gasteiger partial charge in [0.15, 0.2) is 0 Å². The topological polar surface area (TPSA) is 92.8 Å². The maximum absolute atomic E-state index is 11.0. The molecule has 0 saturated carbocycles. The lowest BCUT2D eigenvalue weighted by molar-refractivity contribution is -0.197. The molecule has 1 rings (SSSR count). The quantitative estimate of drug-likeness (QED) is 0.585. The second-order valence-electron chi connectivity index (χ2n) is 3.85. The van der Waals surface area contributed by atoms with E-state index in [1.54, 1.807) is 0 Å². The van der Waals surface area contributed by atoms with Crippen LogP contribution in [0.15, 0.2) is 0 Å². The Morgan fingerprint density at radius 1 is 1.29 bits per heavy atom. The van der Waals surface area contributed by atoms with Gasteiger partial charge >= 0.3 is 5.97 Å². The summed E-state index contributed by atoms with van der Waals surface area (Å²) in [6, 6.07) is 0. The SMILES string of the molecule is CC.CCCNC.O=CCCC(=O)ON1C(=O)CCC1=O. The van der Waals surface area contributed by atoms with Crippen molar-refractivity contribution in [3.05, 3.63) is 0 Å². The lowest BCUT2D eigenvalue weighted by Crippen LogP contribution is -2.31. The summed E-state index contributed by atoms with van der Waals surface area (Å²) in [4.78, 5) is 47.2. The fourth-order valence-corrected chi connectivity index (χ4v) is 1.23. The van der Waals surface area contributed by atoms with E-state index in [2.05, 4.69) is 17.1 Å². The van der Waals surface area contributed by atoms with Crippen LogP contribution in [-0.4, -0.2) is 42.7 Å². The number of imide groups is 1. The molecular weight excluding hydrogens is 276 g/mol. The number of hydroxylamine groups is 2. The van der Waals surface area contributed by atoms with Crippen LogP contribution in [0, 0.1) is 0 Å². The van der Waals surface area contributed by atoms with E-state index in [1.165, 1.54) is 6.42 Å². The van der Waals surface area contributed by atoms with Crippen LogP contribution in [0.5, 0.6) is 0 Å². The summed E-state index contributed by atoms with van der Waals surface area (Å²) < 4.78 is 0. The van der Waals surface area contributed by atoms with Gasteiger partial charge < -0.3 is 14.9 Å². The van der Waals surface area contributed by atoms with Gasteiger partial charge in [0.1, 0.15) is 6.29 Å². The standard InChI is InChI=1S/C8H9NO5.C4H11N.C2H6/c10-5-1-2-8(13)14-9-6(11)3-4-7(9)12;1-3-4-5-2;1-2/h5H,1-4H2;5H,3-4H2,1-2H3;1-2H3. The van der Waals surface area contributed by atoms with Gasteiger partial charge in [-0.25, -0.2) is 4.79 Å². The zero-order valence-corrected chi connectivity index (χ0v) is 13.3. The maximum Gasteiger partial charge on any atom is 0.333 e. The van der Waals surface area contributed by atoms with Crippen molar-refractivity contribution in [1.82, 2.24) is 10.4 Å². The van der Waals surface area contributed by atoms with E-state index in [0.29, 0.717) is 11.3 Å². The second-order valence-corrected chi connectivity index (χ2v) is 3.85.